The van der Waals surface area contributed by atoms with E-state index in [9.17, 15) is 5.11 Å². The molecular weight excluding hydrogens is 178 g/mol. The molecule has 0 fully saturated rings. The lowest BCUT2D eigenvalue weighted by molar-refractivity contribution is 0.374. The van der Waals surface area contributed by atoms with Crippen LogP contribution in [0.1, 0.15) is 5.56 Å². The molecule has 0 radical (unpaired) electrons. The molecule has 1 N–H and O–H groups in total. The average Bonchev–Trinajstić information content (AvgIpc) is 2.19. The van der Waals surface area contributed by atoms with Crippen molar-refractivity contribution in [2.24, 2.45) is 0 Å². The molecule has 0 saturated carbocycles. The monoisotopic (exact) mass is 189 g/mol. The Morgan fingerprint density at radius 1 is 1.36 bits per heavy atom. The van der Waals surface area contributed by atoms with Crippen LogP contribution in [0, 0.1) is 6.92 Å². The number of nitrogens with zero attached hydrogens (tertiary/aromatic N) is 1. The summed E-state index contributed by atoms with van der Waals surface area (Å²) in [7, 11) is 1.52. The number of ether oxygens (including phenoxy) is 1. The largest absolute Gasteiger partial charge is 0.504 e. The fourth-order valence-electron chi connectivity index (χ4n) is 1.46. The van der Waals surface area contributed by atoms with Gasteiger partial charge < -0.3 is 9.84 Å². The SMILES string of the molecule is COc1cc2nccc(C)c2cc1O. The Balaban J connectivity index is 2.79. The van der Waals surface area contributed by atoms with Gasteiger partial charge in [-0.15, -0.1) is 0 Å². The van der Waals surface area contributed by atoms with Gasteiger partial charge in [0.25, 0.3) is 0 Å². The maximum absolute atomic E-state index is 9.58. The van der Waals surface area contributed by atoms with Crippen LogP contribution in [0.15, 0.2) is 24.4 Å². The summed E-state index contributed by atoms with van der Waals surface area (Å²) < 4.78 is 5.00. The molecule has 0 saturated heterocycles. The molecule has 0 atom stereocenters. The van der Waals surface area contributed by atoms with Gasteiger partial charge in [-0.05, 0) is 24.6 Å². The number of hydrogen-bond acceptors (Lipinski definition) is 3. The molecular formula is C11H11NO2. The second-order valence-electron chi connectivity index (χ2n) is 3.17. The highest BCUT2D eigenvalue weighted by Crippen LogP contribution is 2.31. The van der Waals surface area contributed by atoms with Crippen LogP contribution >= 0.6 is 0 Å². The van der Waals surface area contributed by atoms with Gasteiger partial charge in [-0.3, -0.25) is 4.98 Å². The first-order chi connectivity index (χ1) is 6.72. The molecule has 0 aliphatic carbocycles. The van der Waals surface area contributed by atoms with Crippen LogP contribution in [0.2, 0.25) is 0 Å². The number of fused-ring (bicyclic) bond motifs is 1. The van der Waals surface area contributed by atoms with E-state index in [1.165, 1.54) is 7.11 Å². The topological polar surface area (TPSA) is 42.4 Å². The second kappa shape index (κ2) is 3.18. The van der Waals surface area contributed by atoms with E-state index < -0.39 is 0 Å². The highest BCUT2D eigenvalue weighted by Gasteiger charge is 2.05. The van der Waals surface area contributed by atoms with Crippen molar-refractivity contribution in [3.8, 4) is 11.5 Å². The number of hydrogen-bond donors (Lipinski definition) is 1. The summed E-state index contributed by atoms with van der Waals surface area (Å²) in [5, 5.41) is 10.5. The van der Waals surface area contributed by atoms with Gasteiger partial charge in [-0.25, -0.2) is 0 Å². The molecule has 0 aliphatic heterocycles. The van der Waals surface area contributed by atoms with Crippen molar-refractivity contribution < 1.29 is 9.84 Å². The maximum Gasteiger partial charge on any atom is 0.162 e. The summed E-state index contributed by atoms with van der Waals surface area (Å²) in [4.78, 5) is 4.20. The van der Waals surface area contributed by atoms with Crippen molar-refractivity contribution in [3.05, 3.63) is 30.0 Å². The summed E-state index contributed by atoms with van der Waals surface area (Å²) in [6.45, 7) is 1.98. The number of methoxy groups -OCH3 is 1. The molecule has 72 valence electrons. The predicted molar refractivity (Wildman–Crippen MR) is 54.7 cm³/mol. The second-order valence-corrected chi connectivity index (χ2v) is 3.17. The van der Waals surface area contributed by atoms with Crippen LogP contribution in [0.25, 0.3) is 10.9 Å². The molecule has 2 aromatic rings. The molecule has 0 bridgehead atoms. The quantitative estimate of drug-likeness (QED) is 0.748. The molecule has 0 spiro atoms. The Bertz CT molecular complexity index is 480. The first kappa shape index (κ1) is 8.81. The third kappa shape index (κ3) is 1.27. The molecule has 1 aromatic carbocycles. The fourth-order valence-corrected chi connectivity index (χ4v) is 1.46. The summed E-state index contributed by atoms with van der Waals surface area (Å²) in [6, 6.07) is 5.32. The van der Waals surface area contributed by atoms with Crippen molar-refractivity contribution in [3.63, 3.8) is 0 Å². The summed E-state index contributed by atoms with van der Waals surface area (Å²) in [5.41, 5.74) is 1.92. The number of aromatic hydroxyl groups is 1. The fraction of sp³-hybridized carbons (Fsp3) is 0.182. The lowest BCUT2D eigenvalue weighted by Crippen LogP contribution is -1.87. The summed E-state index contributed by atoms with van der Waals surface area (Å²) in [6.07, 6.45) is 1.74. The van der Waals surface area contributed by atoms with Gasteiger partial charge in [0.15, 0.2) is 11.5 Å². The zero-order chi connectivity index (χ0) is 10.1. The first-order valence-electron chi connectivity index (χ1n) is 4.34. The van der Waals surface area contributed by atoms with Crippen molar-refractivity contribution in [2.75, 3.05) is 7.11 Å². The Labute approximate surface area is 82.0 Å². The van der Waals surface area contributed by atoms with Crippen LogP contribution in [0.5, 0.6) is 11.5 Å². The van der Waals surface area contributed by atoms with Crippen LogP contribution in [-0.2, 0) is 0 Å². The Hall–Kier alpha value is -1.77. The number of pyridine rings is 1. The number of aryl methyl sites for hydroxylation is 1. The van der Waals surface area contributed by atoms with Crippen molar-refractivity contribution in [1.29, 1.82) is 0 Å². The Kier molecular flexibility index (Phi) is 2.00. The van der Waals surface area contributed by atoms with Crippen LogP contribution < -0.4 is 4.74 Å². The van der Waals surface area contributed by atoms with Gasteiger partial charge in [-0.2, -0.15) is 0 Å². The third-order valence-corrected chi connectivity index (χ3v) is 2.26. The standard InChI is InChI=1S/C11H11NO2/c1-7-3-4-12-9-6-11(14-2)10(13)5-8(7)9/h3-6,13H,1-2H3. The van der Waals surface area contributed by atoms with E-state index in [2.05, 4.69) is 4.98 Å². The van der Waals surface area contributed by atoms with E-state index in [0.29, 0.717) is 5.75 Å². The van der Waals surface area contributed by atoms with E-state index >= 15 is 0 Å². The Morgan fingerprint density at radius 2 is 2.14 bits per heavy atom. The van der Waals surface area contributed by atoms with Crippen LogP contribution in [0.3, 0.4) is 0 Å². The molecule has 1 aromatic heterocycles. The zero-order valence-electron chi connectivity index (χ0n) is 8.11. The minimum absolute atomic E-state index is 0.149. The van der Waals surface area contributed by atoms with Crippen molar-refractivity contribution >= 4 is 10.9 Å². The van der Waals surface area contributed by atoms with E-state index in [-0.39, 0.29) is 5.75 Å². The predicted octanol–water partition coefficient (Wildman–Crippen LogP) is 2.26. The molecule has 1 heterocycles. The van der Waals surface area contributed by atoms with Crippen LogP contribution in [0.4, 0.5) is 0 Å². The lowest BCUT2D eigenvalue weighted by Gasteiger charge is -2.06. The third-order valence-electron chi connectivity index (χ3n) is 2.26. The van der Waals surface area contributed by atoms with Crippen molar-refractivity contribution in [2.45, 2.75) is 6.92 Å². The summed E-state index contributed by atoms with van der Waals surface area (Å²) in [5.74, 6) is 0.603. The molecule has 0 aliphatic rings. The van der Waals surface area contributed by atoms with Gasteiger partial charge in [-0.1, -0.05) is 0 Å². The highest BCUT2D eigenvalue weighted by molar-refractivity contribution is 5.85. The molecule has 2 rings (SSSR count). The van der Waals surface area contributed by atoms with Gasteiger partial charge >= 0.3 is 0 Å². The molecule has 0 unspecified atom stereocenters. The van der Waals surface area contributed by atoms with E-state index in [4.69, 9.17) is 4.74 Å². The van der Waals surface area contributed by atoms with Crippen LogP contribution in [-0.4, -0.2) is 17.2 Å². The number of phenols is 1. The summed E-state index contributed by atoms with van der Waals surface area (Å²) >= 11 is 0. The number of aromatic nitrogens is 1. The molecule has 3 heteroatoms. The van der Waals surface area contributed by atoms with Crippen molar-refractivity contribution in [1.82, 2.24) is 4.98 Å². The minimum Gasteiger partial charge on any atom is -0.504 e. The van der Waals surface area contributed by atoms with Gasteiger partial charge in [0, 0.05) is 17.6 Å². The maximum atomic E-state index is 9.58. The number of phenolic OH excluding ortho intramolecular Hbond substituents is 1. The molecule has 3 nitrogen and oxygen atoms in total. The number of rotatable bonds is 1. The minimum atomic E-state index is 0.149. The smallest absolute Gasteiger partial charge is 0.162 e. The number of benzene rings is 1. The van der Waals surface area contributed by atoms with E-state index in [1.807, 2.05) is 13.0 Å². The van der Waals surface area contributed by atoms with E-state index in [1.54, 1.807) is 18.3 Å². The Morgan fingerprint density at radius 3 is 2.86 bits per heavy atom. The molecule has 14 heavy (non-hydrogen) atoms. The van der Waals surface area contributed by atoms with Gasteiger partial charge in [0.2, 0.25) is 0 Å². The molecule has 0 amide bonds. The zero-order valence-corrected chi connectivity index (χ0v) is 8.11. The van der Waals surface area contributed by atoms with Gasteiger partial charge in [0.05, 0.1) is 12.6 Å². The lowest BCUT2D eigenvalue weighted by atomic mass is 10.1. The normalized spacial score (nSPS) is 10.4. The van der Waals surface area contributed by atoms with E-state index in [0.717, 1.165) is 16.5 Å². The average molecular weight is 189 g/mol. The van der Waals surface area contributed by atoms with Gasteiger partial charge in [0.1, 0.15) is 0 Å². The first-order valence-corrected chi connectivity index (χ1v) is 4.34. The highest BCUT2D eigenvalue weighted by atomic mass is 16.5.